The zero-order valence-corrected chi connectivity index (χ0v) is 25.3. The van der Waals surface area contributed by atoms with Gasteiger partial charge in [-0.3, -0.25) is 19.7 Å². The first-order valence-electron chi connectivity index (χ1n) is 12.5. The topological polar surface area (TPSA) is 113 Å². The van der Waals surface area contributed by atoms with Crippen LogP contribution in [0.15, 0.2) is 94.6 Å². The third-order valence-electron chi connectivity index (χ3n) is 5.42. The molecule has 0 bridgehead atoms. The molecule has 0 saturated carbocycles. The van der Waals surface area contributed by atoms with Crippen molar-refractivity contribution in [2.45, 2.75) is 29.1 Å². The smallest absolute Gasteiger partial charge is 0.272 e. The number of hydrogen-bond acceptors (Lipinski definition) is 8. The van der Waals surface area contributed by atoms with Crippen LogP contribution >= 0.6 is 46.7 Å². The standard InChI is InChI=1S/C29H26ClN5O3S3/c1-3-39-29-34-28(41-35-29)33-25(36)18(2)40-23-15-13-22(14-16-23)31-27(38)24(17-19-9-11-21(30)12-10-19)32-26(37)20-7-5-4-6-8-20/h4-18H,3H2,1-2H3,(H,31,38)(H,32,37)(H,33,34,35,36)/b24-17-. The van der Waals surface area contributed by atoms with Crippen LogP contribution in [0, 0.1) is 0 Å². The molecule has 0 spiro atoms. The quantitative estimate of drug-likeness (QED) is 0.124. The third-order valence-corrected chi connectivity index (χ3v) is 8.25. The Morgan fingerprint density at radius 2 is 1.68 bits per heavy atom. The molecule has 4 aromatic rings. The maximum Gasteiger partial charge on any atom is 0.272 e. The molecule has 3 aromatic carbocycles. The molecule has 0 saturated heterocycles. The van der Waals surface area contributed by atoms with E-state index in [0.29, 0.717) is 32.1 Å². The van der Waals surface area contributed by atoms with Crippen molar-refractivity contribution in [2.24, 2.45) is 0 Å². The van der Waals surface area contributed by atoms with Gasteiger partial charge in [0.15, 0.2) is 0 Å². The van der Waals surface area contributed by atoms with Crippen molar-refractivity contribution in [2.75, 3.05) is 16.4 Å². The maximum absolute atomic E-state index is 13.2. The van der Waals surface area contributed by atoms with Crippen molar-refractivity contribution in [1.29, 1.82) is 0 Å². The largest absolute Gasteiger partial charge is 0.321 e. The molecule has 8 nitrogen and oxygen atoms in total. The van der Waals surface area contributed by atoms with Crippen LogP contribution in [0.2, 0.25) is 5.02 Å². The molecule has 1 unspecified atom stereocenters. The highest BCUT2D eigenvalue weighted by atomic mass is 35.5. The minimum Gasteiger partial charge on any atom is -0.321 e. The molecule has 12 heteroatoms. The Morgan fingerprint density at radius 3 is 2.37 bits per heavy atom. The lowest BCUT2D eigenvalue weighted by molar-refractivity contribution is -0.115. The van der Waals surface area contributed by atoms with Gasteiger partial charge in [0.2, 0.25) is 16.2 Å². The van der Waals surface area contributed by atoms with E-state index in [4.69, 9.17) is 11.6 Å². The number of carbonyl (C=O) groups is 3. The van der Waals surface area contributed by atoms with Crippen LogP contribution in [0.25, 0.3) is 6.08 Å². The molecule has 0 aliphatic carbocycles. The minimum atomic E-state index is -0.491. The highest BCUT2D eigenvalue weighted by Crippen LogP contribution is 2.27. The average Bonchev–Trinajstić information content (AvgIpc) is 3.42. The van der Waals surface area contributed by atoms with Crippen molar-refractivity contribution >= 4 is 81.3 Å². The van der Waals surface area contributed by atoms with Crippen molar-refractivity contribution in [3.63, 3.8) is 0 Å². The summed E-state index contributed by atoms with van der Waals surface area (Å²) in [5, 5.41) is 9.64. The molecule has 0 aliphatic heterocycles. The van der Waals surface area contributed by atoms with E-state index in [1.807, 2.05) is 32.0 Å². The molecule has 0 fully saturated rings. The zero-order valence-electron chi connectivity index (χ0n) is 22.1. The van der Waals surface area contributed by atoms with Crippen LogP contribution in [-0.2, 0) is 9.59 Å². The lowest BCUT2D eigenvalue weighted by Crippen LogP contribution is -2.30. The summed E-state index contributed by atoms with van der Waals surface area (Å²) in [6.07, 6.45) is 1.58. The summed E-state index contributed by atoms with van der Waals surface area (Å²) in [5.41, 5.74) is 1.72. The Labute approximate surface area is 255 Å². The Hall–Kier alpha value is -3.64. The van der Waals surface area contributed by atoms with Gasteiger partial charge >= 0.3 is 0 Å². The number of rotatable bonds is 11. The summed E-state index contributed by atoms with van der Waals surface area (Å²) >= 11 is 10.0. The van der Waals surface area contributed by atoms with Crippen LogP contribution < -0.4 is 16.0 Å². The third kappa shape index (κ3) is 9.19. The summed E-state index contributed by atoms with van der Waals surface area (Å²) in [6.45, 7) is 3.82. The lowest BCUT2D eigenvalue weighted by Gasteiger charge is -2.13. The van der Waals surface area contributed by atoms with Crippen LogP contribution in [0.1, 0.15) is 29.8 Å². The predicted molar refractivity (Wildman–Crippen MR) is 169 cm³/mol. The van der Waals surface area contributed by atoms with Gasteiger partial charge in [-0.2, -0.15) is 9.36 Å². The highest BCUT2D eigenvalue weighted by Gasteiger charge is 2.18. The second kappa shape index (κ2) is 14.8. The molecular formula is C29H26ClN5O3S3. The summed E-state index contributed by atoms with van der Waals surface area (Å²) in [4.78, 5) is 43.8. The van der Waals surface area contributed by atoms with Gasteiger partial charge in [-0.05, 0) is 72.8 Å². The first-order valence-corrected chi connectivity index (χ1v) is 15.5. The van der Waals surface area contributed by atoms with Crippen molar-refractivity contribution in [1.82, 2.24) is 14.7 Å². The fraction of sp³-hybridized carbons (Fsp3) is 0.138. The minimum absolute atomic E-state index is 0.0714. The molecular weight excluding hydrogens is 598 g/mol. The van der Waals surface area contributed by atoms with E-state index in [-0.39, 0.29) is 16.9 Å². The highest BCUT2D eigenvalue weighted by molar-refractivity contribution is 8.00. The molecule has 0 radical (unpaired) electrons. The molecule has 1 heterocycles. The van der Waals surface area contributed by atoms with E-state index < -0.39 is 11.8 Å². The normalized spacial score (nSPS) is 11.9. The fourth-order valence-electron chi connectivity index (χ4n) is 3.40. The second-order valence-electron chi connectivity index (χ2n) is 8.47. The van der Waals surface area contributed by atoms with Gasteiger partial charge in [0.1, 0.15) is 5.70 Å². The number of carbonyl (C=O) groups excluding carboxylic acids is 3. The summed E-state index contributed by atoms with van der Waals surface area (Å²) in [6, 6.07) is 22.7. The summed E-state index contributed by atoms with van der Waals surface area (Å²) in [7, 11) is 0. The van der Waals surface area contributed by atoms with Crippen molar-refractivity contribution in [3.05, 3.63) is 101 Å². The molecule has 1 aromatic heterocycles. The van der Waals surface area contributed by atoms with Gasteiger partial charge in [-0.1, -0.05) is 60.6 Å². The van der Waals surface area contributed by atoms with Gasteiger partial charge in [-0.15, -0.1) is 11.8 Å². The monoisotopic (exact) mass is 623 g/mol. The Balaban J connectivity index is 1.40. The van der Waals surface area contributed by atoms with E-state index >= 15 is 0 Å². The Kier molecular flexibility index (Phi) is 11.0. The van der Waals surface area contributed by atoms with E-state index in [2.05, 4.69) is 25.3 Å². The number of aromatic nitrogens is 2. The number of amides is 3. The second-order valence-corrected chi connectivity index (χ2v) is 12.3. The SMILES string of the molecule is CCSc1nsc(NC(=O)C(C)Sc2ccc(NC(=O)/C(=C/c3ccc(Cl)cc3)NC(=O)c3ccccc3)cc2)n1. The Morgan fingerprint density at radius 1 is 0.976 bits per heavy atom. The van der Waals surface area contributed by atoms with E-state index in [0.717, 1.165) is 22.2 Å². The number of nitrogens with one attached hydrogen (secondary N) is 3. The van der Waals surface area contributed by atoms with Crippen LogP contribution in [-0.4, -0.2) is 38.1 Å². The van der Waals surface area contributed by atoms with Crippen LogP contribution in [0.4, 0.5) is 10.8 Å². The van der Waals surface area contributed by atoms with E-state index in [9.17, 15) is 14.4 Å². The molecule has 41 heavy (non-hydrogen) atoms. The summed E-state index contributed by atoms with van der Waals surface area (Å²) < 4.78 is 4.21. The van der Waals surface area contributed by atoms with Gasteiger partial charge in [0.25, 0.3) is 11.8 Å². The number of hydrogen-bond donors (Lipinski definition) is 3. The number of halogens is 1. The molecule has 0 aliphatic rings. The van der Waals surface area contributed by atoms with Gasteiger partial charge in [0.05, 0.1) is 5.25 Å². The number of benzene rings is 3. The van der Waals surface area contributed by atoms with Crippen LogP contribution in [0.5, 0.6) is 0 Å². The predicted octanol–water partition coefficient (Wildman–Crippen LogP) is 6.83. The lowest BCUT2D eigenvalue weighted by atomic mass is 10.1. The van der Waals surface area contributed by atoms with Crippen molar-refractivity contribution < 1.29 is 14.4 Å². The fourth-order valence-corrected chi connectivity index (χ4v) is 5.66. The molecule has 4 rings (SSSR count). The van der Waals surface area contributed by atoms with E-state index in [1.54, 1.807) is 66.7 Å². The number of thioether (sulfide) groups is 2. The average molecular weight is 624 g/mol. The van der Waals surface area contributed by atoms with Gasteiger partial charge < -0.3 is 10.6 Å². The van der Waals surface area contributed by atoms with Crippen LogP contribution in [0.3, 0.4) is 0 Å². The first-order chi connectivity index (χ1) is 19.8. The number of nitrogens with zero attached hydrogens (tertiary/aromatic N) is 2. The maximum atomic E-state index is 13.2. The van der Waals surface area contributed by atoms with Crippen molar-refractivity contribution in [3.8, 4) is 0 Å². The number of anilines is 2. The van der Waals surface area contributed by atoms with Gasteiger partial charge in [0, 0.05) is 32.7 Å². The first kappa shape index (κ1) is 30.3. The van der Waals surface area contributed by atoms with E-state index in [1.165, 1.54) is 23.5 Å². The molecule has 210 valence electrons. The van der Waals surface area contributed by atoms with Gasteiger partial charge in [-0.25, -0.2) is 0 Å². The zero-order chi connectivity index (χ0) is 29.2. The molecule has 3 N–H and O–H groups in total. The molecule has 3 amide bonds. The molecule has 1 atom stereocenters. The summed E-state index contributed by atoms with van der Waals surface area (Å²) in [5.74, 6) is -0.221. The Bertz CT molecular complexity index is 1530.